The molecule has 8 heteroatoms. The Balaban J connectivity index is 1.61. The summed E-state index contributed by atoms with van der Waals surface area (Å²) < 4.78 is 1.09. The van der Waals surface area contributed by atoms with Crippen LogP contribution >= 0.6 is 22.9 Å². The molecule has 0 amide bonds. The van der Waals surface area contributed by atoms with Gasteiger partial charge in [-0.15, -0.1) is 0 Å². The molecule has 0 aliphatic carbocycles. The van der Waals surface area contributed by atoms with Crippen LogP contribution in [0.2, 0.25) is 5.02 Å². The number of nitrogen functional groups attached to an aromatic ring is 1. The van der Waals surface area contributed by atoms with Gasteiger partial charge in [-0.25, -0.2) is 15.0 Å². The van der Waals surface area contributed by atoms with Gasteiger partial charge < -0.3 is 16.4 Å². The van der Waals surface area contributed by atoms with E-state index in [1.165, 1.54) is 17.7 Å². The Morgan fingerprint density at radius 3 is 2.40 bits per heavy atom. The van der Waals surface area contributed by atoms with Crippen molar-refractivity contribution in [3.63, 3.8) is 0 Å². The van der Waals surface area contributed by atoms with Gasteiger partial charge in [0.15, 0.2) is 16.8 Å². The number of thiazole rings is 1. The summed E-state index contributed by atoms with van der Waals surface area (Å²) in [6.07, 6.45) is 1.45. The maximum atomic E-state index is 6.20. The number of nitrogens with two attached hydrogens (primary N) is 1. The molecule has 0 aliphatic heterocycles. The topological polar surface area (TPSA) is 88.8 Å². The molecule has 0 radical (unpaired) electrons. The summed E-state index contributed by atoms with van der Waals surface area (Å²) >= 11 is 7.44. The van der Waals surface area contributed by atoms with Gasteiger partial charge in [0, 0.05) is 10.7 Å². The first-order valence-corrected chi connectivity index (χ1v) is 8.64. The van der Waals surface area contributed by atoms with Crippen molar-refractivity contribution in [1.82, 2.24) is 15.0 Å². The summed E-state index contributed by atoms with van der Waals surface area (Å²) in [7, 11) is 0. The maximum absolute atomic E-state index is 6.20. The van der Waals surface area contributed by atoms with Crippen molar-refractivity contribution in [2.45, 2.75) is 0 Å². The molecule has 0 saturated heterocycles. The molecular weight excluding hydrogens is 356 g/mol. The number of aromatic nitrogens is 3. The predicted molar refractivity (Wildman–Crippen MR) is 104 cm³/mol. The zero-order valence-electron chi connectivity index (χ0n) is 12.9. The highest BCUT2D eigenvalue weighted by Gasteiger charge is 2.11. The molecule has 6 nitrogen and oxygen atoms in total. The van der Waals surface area contributed by atoms with Crippen molar-refractivity contribution in [2.24, 2.45) is 0 Å². The summed E-state index contributed by atoms with van der Waals surface area (Å²) in [6.45, 7) is 0. The molecule has 0 unspecified atom stereocenters. The maximum Gasteiger partial charge on any atom is 0.189 e. The van der Waals surface area contributed by atoms with Crippen LogP contribution in [0.25, 0.3) is 10.2 Å². The van der Waals surface area contributed by atoms with E-state index in [4.69, 9.17) is 17.3 Å². The van der Waals surface area contributed by atoms with Crippen LogP contribution in [-0.2, 0) is 0 Å². The molecule has 2 heterocycles. The van der Waals surface area contributed by atoms with Gasteiger partial charge in [0.05, 0.1) is 10.2 Å². The minimum Gasteiger partial charge on any atom is -0.393 e. The van der Waals surface area contributed by atoms with E-state index in [-0.39, 0.29) is 0 Å². The fraction of sp³-hybridized carbons (Fsp3) is 0. The van der Waals surface area contributed by atoms with E-state index in [0.29, 0.717) is 22.3 Å². The molecule has 2 aromatic heterocycles. The van der Waals surface area contributed by atoms with Gasteiger partial charge in [-0.2, -0.15) is 0 Å². The Labute approximate surface area is 152 Å². The van der Waals surface area contributed by atoms with Crippen LogP contribution in [0, 0.1) is 0 Å². The highest BCUT2D eigenvalue weighted by atomic mass is 35.5. The molecule has 4 rings (SSSR count). The number of anilines is 5. The van der Waals surface area contributed by atoms with Crippen molar-refractivity contribution >= 4 is 61.3 Å². The number of fused-ring (bicyclic) bond motifs is 1. The molecule has 4 aromatic rings. The number of rotatable bonds is 4. The third-order valence-corrected chi connectivity index (χ3v) is 4.71. The standard InChI is InChI=1S/C17H13ClN6S/c18-10-5-7-11(8-6-10)22-15-14(19)16(21-9-20-15)24-17-23-12-3-1-2-4-13(12)25-17/h1-9H,19H2,(H2,20,21,22,23,24). The lowest BCUT2D eigenvalue weighted by molar-refractivity contribution is 1.17. The predicted octanol–water partition coefficient (Wildman–Crippen LogP) is 4.81. The van der Waals surface area contributed by atoms with Crippen molar-refractivity contribution < 1.29 is 0 Å². The van der Waals surface area contributed by atoms with Crippen LogP contribution in [0.1, 0.15) is 0 Å². The largest absolute Gasteiger partial charge is 0.393 e. The van der Waals surface area contributed by atoms with Crippen LogP contribution in [0.3, 0.4) is 0 Å². The molecule has 0 spiro atoms. The number of hydrogen-bond donors (Lipinski definition) is 3. The third kappa shape index (κ3) is 3.33. The quantitative estimate of drug-likeness (QED) is 0.479. The fourth-order valence-electron chi connectivity index (χ4n) is 2.29. The first-order chi connectivity index (χ1) is 12.2. The zero-order chi connectivity index (χ0) is 17.2. The molecule has 0 bridgehead atoms. The van der Waals surface area contributed by atoms with Crippen molar-refractivity contribution in [3.05, 3.63) is 59.9 Å². The summed E-state index contributed by atoms with van der Waals surface area (Å²) in [5, 5.41) is 7.72. The summed E-state index contributed by atoms with van der Waals surface area (Å²) in [4.78, 5) is 13.0. The van der Waals surface area contributed by atoms with Gasteiger partial charge in [0.2, 0.25) is 0 Å². The molecular formula is C17H13ClN6S. The SMILES string of the molecule is Nc1c(Nc2ccc(Cl)cc2)ncnc1Nc1nc2ccccc2s1. The molecule has 124 valence electrons. The van der Waals surface area contributed by atoms with E-state index in [0.717, 1.165) is 21.0 Å². The van der Waals surface area contributed by atoms with E-state index in [1.54, 1.807) is 12.1 Å². The normalized spacial score (nSPS) is 10.8. The molecule has 0 saturated carbocycles. The number of nitrogens with one attached hydrogen (secondary N) is 2. The lowest BCUT2D eigenvalue weighted by Gasteiger charge is -2.11. The number of halogens is 1. The summed E-state index contributed by atoms with van der Waals surface area (Å²) in [5.74, 6) is 1.02. The molecule has 0 fully saturated rings. The monoisotopic (exact) mass is 368 g/mol. The third-order valence-electron chi connectivity index (χ3n) is 3.51. The van der Waals surface area contributed by atoms with Crippen LogP contribution < -0.4 is 16.4 Å². The minimum absolute atomic E-state index is 0.414. The smallest absolute Gasteiger partial charge is 0.189 e. The minimum atomic E-state index is 0.414. The highest BCUT2D eigenvalue weighted by molar-refractivity contribution is 7.22. The number of benzene rings is 2. The Hall–Kier alpha value is -2.90. The average molecular weight is 369 g/mol. The van der Waals surface area contributed by atoms with Gasteiger partial charge in [0.25, 0.3) is 0 Å². The van der Waals surface area contributed by atoms with Crippen LogP contribution in [0.5, 0.6) is 0 Å². The number of hydrogen-bond acceptors (Lipinski definition) is 7. The fourth-order valence-corrected chi connectivity index (χ4v) is 3.28. The van der Waals surface area contributed by atoms with E-state index < -0.39 is 0 Å². The Bertz CT molecular complexity index is 998. The molecule has 0 aliphatic rings. The van der Waals surface area contributed by atoms with Gasteiger partial charge in [-0.1, -0.05) is 35.1 Å². The van der Waals surface area contributed by atoms with Crippen LogP contribution in [0.4, 0.5) is 28.1 Å². The van der Waals surface area contributed by atoms with Crippen LogP contribution in [0.15, 0.2) is 54.9 Å². The van der Waals surface area contributed by atoms with Gasteiger partial charge >= 0.3 is 0 Å². The van der Waals surface area contributed by atoms with Gasteiger partial charge in [0.1, 0.15) is 12.0 Å². The van der Waals surface area contributed by atoms with Crippen molar-refractivity contribution in [2.75, 3.05) is 16.4 Å². The second kappa shape index (κ2) is 6.54. The Morgan fingerprint density at radius 1 is 0.920 bits per heavy atom. The van der Waals surface area contributed by atoms with E-state index in [9.17, 15) is 0 Å². The molecule has 4 N–H and O–H groups in total. The first kappa shape index (κ1) is 15.6. The average Bonchev–Trinajstić information content (AvgIpc) is 3.03. The van der Waals surface area contributed by atoms with Crippen LogP contribution in [-0.4, -0.2) is 15.0 Å². The number of nitrogens with zero attached hydrogens (tertiary/aromatic N) is 3. The van der Waals surface area contributed by atoms with Crippen molar-refractivity contribution in [3.8, 4) is 0 Å². The summed E-state index contributed by atoms with van der Waals surface area (Å²) in [5.41, 5.74) is 8.38. The number of para-hydroxylation sites is 1. The zero-order valence-corrected chi connectivity index (χ0v) is 14.5. The van der Waals surface area contributed by atoms with Gasteiger partial charge in [-0.05, 0) is 36.4 Å². The Morgan fingerprint density at radius 2 is 1.64 bits per heavy atom. The second-order valence-corrected chi connectivity index (χ2v) is 6.70. The molecule has 25 heavy (non-hydrogen) atoms. The summed E-state index contributed by atoms with van der Waals surface area (Å²) in [6, 6.07) is 15.2. The molecule has 0 atom stereocenters. The van der Waals surface area contributed by atoms with Gasteiger partial charge in [-0.3, -0.25) is 0 Å². The highest BCUT2D eigenvalue weighted by Crippen LogP contribution is 2.32. The lowest BCUT2D eigenvalue weighted by Crippen LogP contribution is -2.05. The first-order valence-electron chi connectivity index (χ1n) is 7.45. The van der Waals surface area contributed by atoms with Crippen molar-refractivity contribution in [1.29, 1.82) is 0 Å². The second-order valence-electron chi connectivity index (χ2n) is 5.23. The van der Waals surface area contributed by atoms with E-state index in [2.05, 4.69) is 25.6 Å². The molecule has 2 aromatic carbocycles. The Kier molecular flexibility index (Phi) is 4.09. The lowest BCUT2D eigenvalue weighted by atomic mass is 10.3. The van der Waals surface area contributed by atoms with E-state index >= 15 is 0 Å². The van der Waals surface area contributed by atoms with E-state index in [1.807, 2.05) is 36.4 Å².